The van der Waals surface area contributed by atoms with Gasteiger partial charge in [0.25, 0.3) is 0 Å². The van der Waals surface area contributed by atoms with Crippen LogP contribution in [0.1, 0.15) is 27.0 Å². The van der Waals surface area contributed by atoms with Crippen LogP contribution in [0.25, 0.3) is 0 Å². The number of aldehydes is 1. The first-order valence-corrected chi connectivity index (χ1v) is 6.81. The van der Waals surface area contributed by atoms with Crippen molar-refractivity contribution in [3.8, 4) is 11.5 Å². The van der Waals surface area contributed by atoms with E-state index in [4.69, 9.17) is 4.74 Å². The molecule has 0 heterocycles. The van der Waals surface area contributed by atoms with Crippen molar-refractivity contribution in [3.05, 3.63) is 57.1 Å². The lowest BCUT2D eigenvalue weighted by molar-refractivity contribution is 0.112. The maximum Gasteiger partial charge on any atom is 0.153 e. The Labute approximate surface area is 121 Å². The first-order chi connectivity index (χ1) is 9.02. The zero-order chi connectivity index (χ0) is 14.0. The van der Waals surface area contributed by atoms with Crippen molar-refractivity contribution in [3.63, 3.8) is 0 Å². The first-order valence-electron chi connectivity index (χ1n) is 6.02. The Morgan fingerprint density at radius 1 is 1.05 bits per heavy atom. The molecule has 0 fully saturated rings. The van der Waals surface area contributed by atoms with Gasteiger partial charge in [0.2, 0.25) is 0 Å². The lowest BCUT2D eigenvalue weighted by Crippen LogP contribution is -1.96. The Kier molecular flexibility index (Phi) is 4.05. The number of carbonyl (C=O) groups excluding carboxylic acids is 1. The summed E-state index contributed by atoms with van der Waals surface area (Å²) in [6, 6.07) is 9.51. The molecule has 2 aromatic carbocycles. The van der Waals surface area contributed by atoms with Gasteiger partial charge in [-0.2, -0.15) is 0 Å². The third-order valence-electron chi connectivity index (χ3n) is 3.18. The summed E-state index contributed by atoms with van der Waals surface area (Å²) < 4.78 is 6.81. The van der Waals surface area contributed by atoms with Gasteiger partial charge in [0.15, 0.2) is 6.29 Å². The Morgan fingerprint density at radius 3 is 2.42 bits per heavy atom. The van der Waals surface area contributed by atoms with Crippen molar-refractivity contribution >= 4 is 22.2 Å². The number of benzene rings is 2. The van der Waals surface area contributed by atoms with Gasteiger partial charge in [-0.25, -0.2) is 0 Å². The number of carbonyl (C=O) groups is 1. The summed E-state index contributed by atoms with van der Waals surface area (Å²) in [5.41, 5.74) is 3.86. The van der Waals surface area contributed by atoms with E-state index in [0.29, 0.717) is 11.3 Å². The van der Waals surface area contributed by atoms with Gasteiger partial charge in [0, 0.05) is 4.47 Å². The van der Waals surface area contributed by atoms with E-state index in [1.807, 2.05) is 32.9 Å². The highest BCUT2D eigenvalue weighted by atomic mass is 79.9. The van der Waals surface area contributed by atoms with Crippen molar-refractivity contribution in [2.45, 2.75) is 20.8 Å². The summed E-state index contributed by atoms with van der Waals surface area (Å²) in [5, 5.41) is 0. The van der Waals surface area contributed by atoms with Gasteiger partial charge in [-0.1, -0.05) is 28.1 Å². The van der Waals surface area contributed by atoms with Crippen LogP contribution in [-0.4, -0.2) is 6.29 Å². The van der Waals surface area contributed by atoms with Crippen LogP contribution in [0.4, 0.5) is 0 Å². The van der Waals surface area contributed by atoms with Crippen LogP contribution in [0.3, 0.4) is 0 Å². The second kappa shape index (κ2) is 5.57. The van der Waals surface area contributed by atoms with Crippen LogP contribution >= 0.6 is 15.9 Å². The quantitative estimate of drug-likeness (QED) is 0.746. The highest BCUT2D eigenvalue weighted by Gasteiger charge is 2.10. The highest BCUT2D eigenvalue weighted by molar-refractivity contribution is 9.10. The second-order valence-corrected chi connectivity index (χ2v) is 5.47. The summed E-state index contributed by atoms with van der Waals surface area (Å²) in [5.74, 6) is 1.40. The number of hydrogen-bond acceptors (Lipinski definition) is 2. The van der Waals surface area contributed by atoms with Crippen LogP contribution in [0, 0.1) is 20.8 Å². The molecule has 0 aromatic heterocycles. The third-order valence-corrected chi connectivity index (χ3v) is 3.68. The van der Waals surface area contributed by atoms with Crippen molar-refractivity contribution < 1.29 is 9.53 Å². The molecule has 0 unspecified atom stereocenters. The molecule has 0 radical (unpaired) electrons. The minimum Gasteiger partial charge on any atom is -0.456 e. The Morgan fingerprint density at radius 2 is 1.74 bits per heavy atom. The summed E-state index contributed by atoms with van der Waals surface area (Å²) in [4.78, 5) is 11.1. The van der Waals surface area contributed by atoms with E-state index in [1.165, 1.54) is 5.56 Å². The molecule has 2 nitrogen and oxygen atoms in total. The molecule has 0 aliphatic heterocycles. The summed E-state index contributed by atoms with van der Waals surface area (Å²) >= 11 is 3.35. The van der Waals surface area contributed by atoms with E-state index in [9.17, 15) is 4.79 Å². The number of hydrogen-bond donors (Lipinski definition) is 0. The van der Waals surface area contributed by atoms with E-state index < -0.39 is 0 Å². The van der Waals surface area contributed by atoms with Crippen molar-refractivity contribution in [2.75, 3.05) is 0 Å². The van der Waals surface area contributed by atoms with Gasteiger partial charge >= 0.3 is 0 Å². The van der Waals surface area contributed by atoms with E-state index in [1.54, 1.807) is 12.1 Å². The zero-order valence-electron chi connectivity index (χ0n) is 11.2. The minimum atomic E-state index is 0.537. The maximum absolute atomic E-state index is 11.1. The van der Waals surface area contributed by atoms with Gasteiger partial charge in [0.05, 0.1) is 5.56 Å². The number of aryl methyl sites for hydroxylation is 2. The van der Waals surface area contributed by atoms with E-state index in [2.05, 4.69) is 22.0 Å². The average Bonchev–Trinajstić information content (AvgIpc) is 2.40. The third kappa shape index (κ3) is 2.87. The molecule has 0 saturated heterocycles. The van der Waals surface area contributed by atoms with Crippen molar-refractivity contribution in [1.29, 1.82) is 0 Å². The van der Waals surface area contributed by atoms with Crippen LogP contribution in [0.5, 0.6) is 11.5 Å². The molecule has 0 amide bonds. The smallest absolute Gasteiger partial charge is 0.153 e. The molecule has 2 aromatic rings. The van der Waals surface area contributed by atoms with Crippen LogP contribution in [0.2, 0.25) is 0 Å². The average molecular weight is 319 g/mol. The van der Waals surface area contributed by atoms with Crippen molar-refractivity contribution in [2.24, 2.45) is 0 Å². The van der Waals surface area contributed by atoms with Crippen molar-refractivity contribution in [1.82, 2.24) is 0 Å². The van der Waals surface area contributed by atoms with Gasteiger partial charge in [0.1, 0.15) is 11.5 Å². The van der Waals surface area contributed by atoms with Crippen LogP contribution in [-0.2, 0) is 0 Å². The molecule has 3 heteroatoms. The largest absolute Gasteiger partial charge is 0.456 e. The Balaban J connectivity index is 2.47. The molecule has 0 aliphatic rings. The monoisotopic (exact) mass is 318 g/mol. The molecule has 0 atom stereocenters. The summed E-state index contributed by atoms with van der Waals surface area (Å²) in [6.45, 7) is 6.07. The molecular weight excluding hydrogens is 304 g/mol. The molecule has 0 saturated carbocycles. The second-order valence-electron chi connectivity index (χ2n) is 4.56. The SMILES string of the molecule is Cc1ccc(C)c(Oc2ccc(Br)cc2C=O)c1C. The predicted octanol–water partition coefficient (Wildman–Crippen LogP) is 4.98. The molecule has 2 rings (SSSR count). The fourth-order valence-corrected chi connectivity index (χ4v) is 2.28. The first kappa shape index (κ1) is 13.8. The van der Waals surface area contributed by atoms with Crippen LogP contribution < -0.4 is 4.74 Å². The molecule has 0 bridgehead atoms. The van der Waals surface area contributed by atoms with Crippen LogP contribution in [0.15, 0.2) is 34.8 Å². The van der Waals surface area contributed by atoms with Gasteiger partial charge in [-0.3, -0.25) is 4.79 Å². The highest BCUT2D eigenvalue weighted by Crippen LogP contribution is 2.32. The molecule has 0 spiro atoms. The molecule has 0 N–H and O–H groups in total. The summed E-state index contributed by atoms with van der Waals surface area (Å²) in [6.07, 6.45) is 0.806. The fraction of sp³-hybridized carbons (Fsp3) is 0.188. The summed E-state index contributed by atoms with van der Waals surface area (Å²) in [7, 11) is 0. The molecule has 19 heavy (non-hydrogen) atoms. The van der Waals surface area contributed by atoms with Gasteiger partial charge in [-0.15, -0.1) is 0 Å². The lowest BCUT2D eigenvalue weighted by atomic mass is 10.1. The predicted molar refractivity (Wildman–Crippen MR) is 80.3 cm³/mol. The fourth-order valence-electron chi connectivity index (χ4n) is 1.90. The molecule has 0 aliphatic carbocycles. The van der Waals surface area contributed by atoms with E-state index in [0.717, 1.165) is 27.6 Å². The Hall–Kier alpha value is -1.61. The lowest BCUT2D eigenvalue weighted by Gasteiger charge is -2.14. The number of rotatable bonds is 3. The van der Waals surface area contributed by atoms with Gasteiger partial charge in [-0.05, 0) is 55.7 Å². The maximum atomic E-state index is 11.1. The molecular formula is C16H15BrO2. The number of halogens is 1. The Bertz CT molecular complexity index is 633. The van der Waals surface area contributed by atoms with E-state index >= 15 is 0 Å². The van der Waals surface area contributed by atoms with Gasteiger partial charge < -0.3 is 4.74 Å². The number of ether oxygens (including phenoxy) is 1. The van der Waals surface area contributed by atoms with E-state index in [-0.39, 0.29) is 0 Å². The zero-order valence-corrected chi connectivity index (χ0v) is 12.7. The normalized spacial score (nSPS) is 10.3. The standard InChI is InChI=1S/C16H15BrO2/c1-10-4-5-11(2)16(12(10)3)19-15-7-6-14(17)8-13(15)9-18/h4-9H,1-3H3. The molecule has 98 valence electrons. The topological polar surface area (TPSA) is 26.3 Å². The minimum absolute atomic E-state index is 0.537.